The van der Waals surface area contributed by atoms with Crippen LogP contribution in [0, 0.1) is 36.1 Å². The van der Waals surface area contributed by atoms with Crippen LogP contribution >= 0.6 is 0 Å². The van der Waals surface area contributed by atoms with E-state index in [0.29, 0.717) is 12.0 Å². The highest BCUT2D eigenvalue weighted by Crippen LogP contribution is 2.34. The summed E-state index contributed by atoms with van der Waals surface area (Å²) in [7, 11) is -2.99. The summed E-state index contributed by atoms with van der Waals surface area (Å²) in [5.74, 6) is -5.83. The monoisotopic (exact) mass is 551 g/mol. The fraction of sp³-hybridized carbons (Fsp3) is 0.280. The first kappa shape index (κ1) is 27.3. The van der Waals surface area contributed by atoms with Gasteiger partial charge in [0.15, 0.2) is 23.3 Å². The minimum absolute atomic E-state index is 0.150. The van der Waals surface area contributed by atoms with Gasteiger partial charge in [-0.25, -0.2) is 27.3 Å². The van der Waals surface area contributed by atoms with Crippen molar-refractivity contribution in [3.05, 3.63) is 82.1 Å². The zero-order valence-corrected chi connectivity index (χ0v) is 21.4. The van der Waals surface area contributed by atoms with Crippen LogP contribution in [0.15, 0.2) is 36.5 Å². The van der Waals surface area contributed by atoms with Gasteiger partial charge in [0.2, 0.25) is 0 Å². The fourth-order valence-electron chi connectivity index (χ4n) is 3.81. The van der Waals surface area contributed by atoms with Crippen LogP contribution in [0.4, 0.5) is 34.8 Å². The van der Waals surface area contributed by atoms with Gasteiger partial charge in [-0.3, -0.25) is 9.52 Å². The van der Waals surface area contributed by atoms with Crippen molar-refractivity contribution in [1.82, 2.24) is 15.0 Å². The zero-order valence-electron chi connectivity index (χ0n) is 20.6. The molecule has 4 rings (SSSR count). The van der Waals surface area contributed by atoms with Crippen LogP contribution in [-0.4, -0.2) is 32.4 Å². The molecule has 0 bridgehead atoms. The topological polar surface area (TPSA) is 112 Å². The van der Waals surface area contributed by atoms with Crippen LogP contribution in [0.3, 0.4) is 0 Å². The SMILES string of the molecule is CNS(=O)(=O)Nc1nccc(Cc2cc(C(=O)N[C@H]3C[C@H]3C)c(Nc3ccc(C)cc3F)c(F)c2F)c1F. The van der Waals surface area contributed by atoms with Gasteiger partial charge in [0, 0.05) is 25.7 Å². The molecule has 1 aromatic heterocycles. The van der Waals surface area contributed by atoms with E-state index in [-0.39, 0.29) is 34.3 Å². The third kappa shape index (κ3) is 5.89. The number of nitrogens with one attached hydrogen (secondary N) is 4. The van der Waals surface area contributed by atoms with Crippen molar-refractivity contribution in [2.45, 2.75) is 32.7 Å². The number of aromatic nitrogens is 1. The Kier molecular flexibility index (Phi) is 7.61. The van der Waals surface area contributed by atoms with Crippen molar-refractivity contribution in [3.63, 3.8) is 0 Å². The zero-order chi connectivity index (χ0) is 27.8. The minimum Gasteiger partial charge on any atom is -0.350 e. The molecule has 0 radical (unpaired) electrons. The fourth-order valence-corrected chi connectivity index (χ4v) is 4.31. The predicted octanol–water partition coefficient (Wildman–Crippen LogP) is 4.30. The summed E-state index contributed by atoms with van der Waals surface area (Å²) in [5, 5.41) is 5.22. The third-order valence-electron chi connectivity index (χ3n) is 6.19. The van der Waals surface area contributed by atoms with E-state index in [4.69, 9.17) is 0 Å². The first-order valence-corrected chi connectivity index (χ1v) is 13.1. The van der Waals surface area contributed by atoms with Gasteiger partial charge in [-0.05, 0) is 60.2 Å². The first-order valence-electron chi connectivity index (χ1n) is 11.6. The molecule has 0 spiro atoms. The summed E-state index contributed by atoms with van der Waals surface area (Å²) < 4.78 is 87.5. The minimum atomic E-state index is -4.10. The number of hydrogen-bond acceptors (Lipinski definition) is 5. The van der Waals surface area contributed by atoms with E-state index < -0.39 is 57.3 Å². The molecule has 2 aromatic carbocycles. The average Bonchev–Trinajstić information content (AvgIpc) is 3.56. The van der Waals surface area contributed by atoms with E-state index in [1.165, 1.54) is 18.2 Å². The molecule has 1 heterocycles. The number of pyridine rings is 1. The van der Waals surface area contributed by atoms with Gasteiger partial charge < -0.3 is 10.6 Å². The molecule has 2 atom stereocenters. The highest BCUT2D eigenvalue weighted by Gasteiger charge is 2.35. The molecule has 0 aliphatic heterocycles. The molecule has 1 saturated carbocycles. The number of rotatable bonds is 9. The van der Waals surface area contributed by atoms with Crippen LogP contribution in [0.5, 0.6) is 0 Å². The quantitative estimate of drug-likeness (QED) is 0.297. The van der Waals surface area contributed by atoms with Gasteiger partial charge in [-0.1, -0.05) is 13.0 Å². The Labute approximate surface area is 217 Å². The summed E-state index contributed by atoms with van der Waals surface area (Å²) in [6.07, 6.45) is 1.27. The number of amides is 1. The van der Waals surface area contributed by atoms with E-state index in [2.05, 4.69) is 15.6 Å². The Morgan fingerprint density at radius 1 is 1.05 bits per heavy atom. The summed E-state index contributed by atoms with van der Waals surface area (Å²) >= 11 is 0. The smallest absolute Gasteiger partial charge is 0.300 e. The molecule has 1 aliphatic carbocycles. The van der Waals surface area contributed by atoms with E-state index in [0.717, 1.165) is 19.3 Å². The number of carbonyl (C=O) groups excluding carboxylic acids is 1. The lowest BCUT2D eigenvalue weighted by atomic mass is 9.99. The van der Waals surface area contributed by atoms with Crippen LogP contribution in [-0.2, 0) is 16.6 Å². The van der Waals surface area contributed by atoms with Gasteiger partial charge in [0.25, 0.3) is 16.1 Å². The Balaban J connectivity index is 1.75. The maximum Gasteiger partial charge on any atom is 0.300 e. The van der Waals surface area contributed by atoms with Crippen LogP contribution < -0.4 is 20.1 Å². The molecular formula is C25H25F4N5O3S. The van der Waals surface area contributed by atoms with Gasteiger partial charge in [0.1, 0.15) is 5.82 Å². The summed E-state index contributed by atoms with van der Waals surface area (Å²) in [6, 6.07) is 6.17. The second kappa shape index (κ2) is 10.6. The Morgan fingerprint density at radius 3 is 2.39 bits per heavy atom. The normalized spacial score (nSPS) is 16.7. The Hall–Kier alpha value is -3.71. The van der Waals surface area contributed by atoms with Crippen molar-refractivity contribution >= 4 is 33.3 Å². The number of anilines is 3. The number of aryl methyl sites for hydroxylation is 1. The molecule has 1 fully saturated rings. The standard InChI is InChI=1S/C25H25F4N5O3S/c1-12-4-5-18(17(26)8-12)32-23-16(25(35)33-19-9-13(19)2)11-15(20(27)22(23)29)10-14-6-7-31-24(21(14)28)34-38(36,37)30-3/h4-8,11,13,19,30,32H,9-10H2,1-3H3,(H,31,34)(H,33,35)/t13-,19+/m1/s1. The molecule has 8 nitrogen and oxygen atoms in total. The number of nitrogens with zero attached hydrogens (tertiary/aromatic N) is 1. The molecule has 3 aromatic rings. The molecule has 202 valence electrons. The lowest BCUT2D eigenvalue weighted by Gasteiger charge is -2.17. The van der Waals surface area contributed by atoms with Crippen molar-refractivity contribution in [2.75, 3.05) is 17.1 Å². The van der Waals surface area contributed by atoms with E-state index in [1.54, 1.807) is 13.0 Å². The van der Waals surface area contributed by atoms with Crippen molar-refractivity contribution < 1.29 is 30.8 Å². The summed E-state index contributed by atoms with van der Waals surface area (Å²) in [5.41, 5.74) is -1.02. The average molecular weight is 552 g/mol. The van der Waals surface area contributed by atoms with Gasteiger partial charge in [-0.2, -0.15) is 8.42 Å². The molecule has 38 heavy (non-hydrogen) atoms. The highest BCUT2D eigenvalue weighted by molar-refractivity contribution is 7.90. The maximum absolute atomic E-state index is 15.4. The van der Waals surface area contributed by atoms with Crippen LogP contribution in [0.2, 0.25) is 0 Å². The van der Waals surface area contributed by atoms with Crippen LogP contribution in [0.1, 0.15) is 40.4 Å². The molecule has 13 heteroatoms. The van der Waals surface area contributed by atoms with Crippen molar-refractivity contribution in [1.29, 1.82) is 0 Å². The molecule has 4 N–H and O–H groups in total. The predicted molar refractivity (Wildman–Crippen MR) is 134 cm³/mol. The molecular weight excluding hydrogens is 526 g/mol. The summed E-state index contributed by atoms with van der Waals surface area (Å²) in [6.45, 7) is 3.57. The molecule has 1 amide bonds. The van der Waals surface area contributed by atoms with Crippen molar-refractivity contribution in [3.8, 4) is 0 Å². The van der Waals surface area contributed by atoms with Gasteiger partial charge in [-0.15, -0.1) is 0 Å². The second-order valence-corrected chi connectivity index (χ2v) is 10.7. The van der Waals surface area contributed by atoms with E-state index in [1.807, 2.05) is 16.4 Å². The van der Waals surface area contributed by atoms with Crippen LogP contribution in [0.25, 0.3) is 0 Å². The largest absolute Gasteiger partial charge is 0.350 e. The summed E-state index contributed by atoms with van der Waals surface area (Å²) in [4.78, 5) is 16.7. The number of carbonyl (C=O) groups is 1. The van der Waals surface area contributed by atoms with Crippen molar-refractivity contribution in [2.24, 2.45) is 5.92 Å². The number of hydrogen-bond donors (Lipinski definition) is 4. The molecule has 0 saturated heterocycles. The lowest BCUT2D eigenvalue weighted by Crippen LogP contribution is -2.28. The number of benzene rings is 2. The van der Waals surface area contributed by atoms with Gasteiger partial charge in [0.05, 0.1) is 16.9 Å². The molecule has 1 aliphatic rings. The van der Waals surface area contributed by atoms with E-state index >= 15 is 13.2 Å². The van der Waals surface area contributed by atoms with Gasteiger partial charge >= 0.3 is 0 Å². The Morgan fingerprint density at radius 2 is 1.76 bits per heavy atom. The number of halogens is 4. The highest BCUT2D eigenvalue weighted by atomic mass is 32.2. The first-order chi connectivity index (χ1) is 17.9. The third-order valence-corrected chi connectivity index (χ3v) is 7.19. The second-order valence-electron chi connectivity index (χ2n) is 9.11. The molecule has 0 unspecified atom stereocenters. The van der Waals surface area contributed by atoms with E-state index in [9.17, 15) is 17.6 Å². The maximum atomic E-state index is 15.4. The Bertz CT molecular complexity index is 1520. The lowest BCUT2D eigenvalue weighted by molar-refractivity contribution is 0.0949.